The van der Waals surface area contributed by atoms with Crippen LogP contribution in [0.15, 0.2) is 43.0 Å². The number of amides is 1. The number of hydrogen-bond acceptors (Lipinski definition) is 6. The van der Waals surface area contributed by atoms with Crippen molar-refractivity contribution >= 4 is 12.0 Å². The van der Waals surface area contributed by atoms with Crippen molar-refractivity contribution in [2.45, 2.75) is 82.9 Å². The van der Waals surface area contributed by atoms with Gasteiger partial charge in [0.25, 0.3) is 0 Å². The third-order valence-corrected chi connectivity index (χ3v) is 8.64. The fourth-order valence-electron chi connectivity index (χ4n) is 6.21. The zero-order valence-electron chi connectivity index (χ0n) is 25.1. The number of aromatic nitrogens is 4. The van der Waals surface area contributed by atoms with E-state index in [4.69, 9.17) is 4.74 Å². The van der Waals surface area contributed by atoms with Crippen molar-refractivity contribution in [1.29, 1.82) is 0 Å². The molecule has 2 aromatic heterocycles. The molecule has 3 heterocycles. The van der Waals surface area contributed by atoms with Crippen LogP contribution >= 0.6 is 0 Å². The predicted molar refractivity (Wildman–Crippen MR) is 154 cm³/mol. The molecule has 8 nitrogen and oxygen atoms in total. The van der Waals surface area contributed by atoms with Crippen molar-refractivity contribution in [3.63, 3.8) is 0 Å². The van der Waals surface area contributed by atoms with Gasteiger partial charge in [-0.2, -0.15) is 31.4 Å². The van der Waals surface area contributed by atoms with Gasteiger partial charge in [-0.3, -0.25) is 4.68 Å². The van der Waals surface area contributed by atoms with E-state index in [1.165, 1.54) is 18.8 Å². The van der Waals surface area contributed by atoms with Gasteiger partial charge in [-0.05, 0) is 55.4 Å². The average Bonchev–Trinajstić information content (AvgIpc) is 3.65. The molecule has 14 heteroatoms. The van der Waals surface area contributed by atoms with Gasteiger partial charge < -0.3 is 14.5 Å². The Kier molecular flexibility index (Phi) is 9.59. The second-order valence-electron chi connectivity index (χ2n) is 11.9. The molecule has 1 aliphatic carbocycles. The van der Waals surface area contributed by atoms with Crippen molar-refractivity contribution in [3.05, 3.63) is 59.7 Å². The molecular formula is C31H36F6N6O2. The minimum Gasteiger partial charge on any atom is -0.449 e. The van der Waals surface area contributed by atoms with Crippen LogP contribution in [0.2, 0.25) is 0 Å². The van der Waals surface area contributed by atoms with Gasteiger partial charge in [0, 0.05) is 55.9 Å². The van der Waals surface area contributed by atoms with Crippen LogP contribution < -0.4 is 4.90 Å². The van der Waals surface area contributed by atoms with E-state index in [9.17, 15) is 31.1 Å². The van der Waals surface area contributed by atoms with Crippen LogP contribution in [0.4, 0.5) is 37.1 Å². The summed E-state index contributed by atoms with van der Waals surface area (Å²) >= 11 is 0. The highest BCUT2D eigenvalue weighted by Crippen LogP contribution is 2.38. The number of halogens is 6. The number of likely N-dealkylation sites (tertiary alicyclic amines) is 1. The molecule has 2 fully saturated rings. The van der Waals surface area contributed by atoms with Gasteiger partial charge in [-0.15, -0.1) is 0 Å². The Balaban J connectivity index is 1.45. The molecule has 2 atom stereocenters. The van der Waals surface area contributed by atoms with Crippen molar-refractivity contribution in [1.82, 2.24) is 24.6 Å². The van der Waals surface area contributed by atoms with Crippen molar-refractivity contribution in [2.24, 2.45) is 13.0 Å². The second kappa shape index (κ2) is 13.3. The zero-order chi connectivity index (χ0) is 32.4. The number of ether oxygens (including phenoxy) is 1. The summed E-state index contributed by atoms with van der Waals surface area (Å²) in [6.07, 6.45) is 2.39. The van der Waals surface area contributed by atoms with E-state index in [0.717, 1.165) is 31.2 Å². The molecule has 0 N–H and O–H groups in total. The molecule has 3 aromatic rings. The van der Waals surface area contributed by atoms with E-state index in [2.05, 4.69) is 15.1 Å². The normalized spacial score (nSPS) is 19.6. The molecule has 1 aromatic carbocycles. The van der Waals surface area contributed by atoms with Crippen LogP contribution in [0, 0.1) is 5.92 Å². The number of hydrogen-bond donors (Lipinski definition) is 0. The number of carbonyl (C=O) groups excluding carboxylic acids is 1. The molecule has 1 amide bonds. The summed E-state index contributed by atoms with van der Waals surface area (Å²) in [6, 6.07) is 0.812. The molecule has 0 radical (unpaired) electrons. The average molecular weight is 639 g/mol. The number of aryl methyl sites for hydroxylation is 1. The third kappa shape index (κ3) is 7.88. The molecule has 45 heavy (non-hydrogen) atoms. The van der Waals surface area contributed by atoms with E-state index in [1.807, 2.05) is 6.92 Å². The lowest BCUT2D eigenvalue weighted by Gasteiger charge is -2.30. The number of anilines is 1. The Morgan fingerprint density at radius 1 is 0.956 bits per heavy atom. The summed E-state index contributed by atoms with van der Waals surface area (Å²) in [4.78, 5) is 25.4. The minimum atomic E-state index is -4.98. The SMILES string of the molecule is CCC1CC(N(Cc2cc(C(F)(F)F)cc(C(F)(F)F)c2)c2ncc(-c3cnn(C)c3)cn2)CN1C(=O)OCC1CCCCC1. The second-order valence-corrected chi connectivity index (χ2v) is 11.9. The lowest BCUT2D eigenvalue weighted by Crippen LogP contribution is -2.41. The molecule has 2 unspecified atom stereocenters. The van der Waals surface area contributed by atoms with Crippen molar-refractivity contribution in [2.75, 3.05) is 18.1 Å². The van der Waals surface area contributed by atoms with Crippen LogP contribution in [-0.2, 0) is 30.7 Å². The molecule has 5 rings (SSSR count). The van der Waals surface area contributed by atoms with E-state index < -0.39 is 35.6 Å². The molecule has 2 aliphatic rings. The fraction of sp³-hybridized carbons (Fsp3) is 0.548. The fourth-order valence-corrected chi connectivity index (χ4v) is 6.21. The van der Waals surface area contributed by atoms with Crippen molar-refractivity contribution in [3.8, 4) is 11.1 Å². The minimum absolute atomic E-state index is 0.111. The molecule has 1 saturated carbocycles. The van der Waals surface area contributed by atoms with Gasteiger partial charge >= 0.3 is 18.4 Å². The molecule has 0 bridgehead atoms. The van der Waals surface area contributed by atoms with Gasteiger partial charge in [0.05, 0.1) is 30.0 Å². The number of rotatable bonds is 8. The molecular weight excluding hydrogens is 602 g/mol. The lowest BCUT2D eigenvalue weighted by atomic mass is 9.90. The van der Waals surface area contributed by atoms with Crippen LogP contribution in [0.1, 0.15) is 68.6 Å². The van der Waals surface area contributed by atoms with E-state index in [0.29, 0.717) is 43.1 Å². The maximum Gasteiger partial charge on any atom is 0.416 e. The standard InChI is InChI=1S/C31H36F6N6O2/c1-3-26-12-27(18-43(26)29(44)45-19-20-7-5-4-6-8-20)42(28-38-13-22(14-39-28)23-15-40-41(2)17-23)16-21-9-24(30(32,33)34)11-25(10-21)31(35,36)37/h9-11,13-15,17,20,26-27H,3-8,12,16,18-19H2,1-2H3. The Morgan fingerprint density at radius 3 is 2.16 bits per heavy atom. The topological polar surface area (TPSA) is 76.4 Å². The molecule has 0 spiro atoms. The number of alkyl halides is 6. The molecule has 1 aliphatic heterocycles. The maximum atomic E-state index is 13.7. The predicted octanol–water partition coefficient (Wildman–Crippen LogP) is 7.49. The third-order valence-electron chi connectivity index (χ3n) is 8.64. The highest BCUT2D eigenvalue weighted by atomic mass is 19.4. The van der Waals surface area contributed by atoms with E-state index in [-0.39, 0.29) is 36.7 Å². The lowest BCUT2D eigenvalue weighted by molar-refractivity contribution is -0.143. The van der Waals surface area contributed by atoms with Crippen molar-refractivity contribution < 1.29 is 35.9 Å². The van der Waals surface area contributed by atoms with E-state index >= 15 is 0 Å². The smallest absolute Gasteiger partial charge is 0.416 e. The summed E-state index contributed by atoms with van der Waals surface area (Å²) in [6.45, 7) is 2.05. The maximum absolute atomic E-state index is 13.7. The first kappa shape index (κ1) is 32.6. The number of benzene rings is 1. The van der Waals surface area contributed by atoms with Gasteiger partial charge in [-0.1, -0.05) is 26.2 Å². The first-order valence-electron chi connectivity index (χ1n) is 15.1. The highest BCUT2D eigenvalue weighted by Gasteiger charge is 2.41. The summed E-state index contributed by atoms with van der Waals surface area (Å²) in [5.41, 5.74) is -1.63. The van der Waals surface area contributed by atoms with Crippen LogP contribution in [0.3, 0.4) is 0 Å². The van der Waals surface area contributed by atoms with Gasteiger partial charge in [-0.25, -0.2) is 14.8 Å². The first-order chi connectivity index (χ1) is 21.3. The number of carbonyl (C=O) groups is 1. The molecule has 244 valence electrons. The summed E-state index contributed by atoms with van der Waals surface area (Å²) in [5.74, 6) is 0.430. The van der Waals surface area contributed by atoms with Gasteiger partial charge in [0.15, 0.2) is 0 Å². The number of nitrogens with zero attached hydrogens (tertiary/aromatic N) is 6. The Morgan fingerprint density at radius 2 is 1.60 bits per heavy atom. The largest absolute Gasteiger partial charge is 0.449 e. The van der Waals surface area contributed by atoms with Gasteiger partial charge in [0.2, 0.25) is 5.95 Å². The summed E-state index contributed by atoms with van der Waals surface area (Å²) in [5, 5.41) is 4.13. The molecule has 1 saturated heterocycles. The Labute approximate surface area is 257 Å². The van der Waals surface area contributed by atoms with Crippen LogP contribution in [-0.4, -0.2) is 56.0 Å². The first-order valence-corrected chi connectivity index (χ1v) is 15.1. The van der Waals surface area contributed by atoms with Crippen LogP contribution in [0.5, 0.6) is 0 Å². The van der Waals surface area contributed by atoms with Gasteiger partial charge in [0.1, 0.15) is 0 Å². The summed E-state index contributed by atoms with van der Waals surface area (Å²) < 4.78 is 89.4. The Bertz CT molecular complexity index is 1420. The van der Waals surface area contributed by atoms with Crippen LogP contribution in [0.25, 0.3) is 11.1 Å². The van der Waals surface area contributed by atoms with E-state index in [1.54, 1.807) is 33.9 Å². The summed E-state index contributed by atoms with van der Waals surface area (Å²) in [7, 11) is 1.75. The highest BCUT2D eigenvalue weighted by molar-refractivity contribution is 5.69. The monoisotopic (exact) mass is 638 g/mol. The zero-order valence-corrected chi connectivity index (χ0v) is 25.1. The Hall–Kier alpha value is -3.84. The quantitative estimate of drug-likeness (QED) is 0.238.